The van der Waals surface area contributed by atoms with Gasteiger partial charge in [0.1, 0.15) is 0 Å². The van der Waals surface area contributed by atoms with E-state index in [-0.39, 0.29) is 0 Å². The molecule has 3 nitrogen and oxygen atoms in total. The maximum absolute atomic E-state index is 6.08. The summed E-state index contributed by atoms with van der Waals surface area (Å²) in [4.78, 5) is 4.64. The quantitative estimate of drug-likeness (QED) is 0.860. The zero-order chi connectivity index (χ0) is 14.1. The molecule has 1 aliphatic heterocycles. The van der Waals surface area contributed by atoms with E-state index < -0.39 is 0 Å². The molecule has 2 N–H and O–H groups in total. The Hall–Kier alpha value is -1.87. The first-order chi connectivity index (χ1) is 9.65. The Labute approximate surface area is 124 Å². The second-order valence-electron chi connectivity index (χ2n) is 5.17. The molecule has 4 heteroatoms. The maximum atomic E-state index is 6.08. The molecule has 0 aromatic heterocycles. The third-order valence-corrected chi connectivity index (χ3v) is 4.04. The van der Waals surface area contributed by atoms with Gasteiger partial charge >= 0.3 is 0 Å². The molecule has 104 valence electrons. The van der Waals surface area contributed by atoms with E-state index in [0.29, 0.717) is 0 Å². The molecule has 0 unspecified atom stereocenters. The van der Waals surface area contributed by atoms with Gasteiger partial charge in [0.25, 0.3) is 0 Å². The van der Waals surface area contributed by atoms with Crippen LogP contribution in [0.5, 0.6) is 0 Å². The molecule has 0 saturated heterocycles. The lowest BCUT2D eigenvalue weighted by atomic mass is 10.1. The first-order valence-electron chi connectivity index (χ1n) is 6.74. The van der Waals surface area contributed by atoms with Gasteiger partial charge in [-0.15, -0.1) is 0 Å². The van der Waals surface area contributed by atoms with Gasteiger partial charge in [-0.2, -0.15) is 0 Å². The molecule has 2 aromatic rings. The van der Waals surface area contributed by atoms with E-state index in [2.05, 4.69) is 41.1 Å². The molecular formula is C16H18ClN3. The Kier molecular flexibility index (Phi) is 3.45. The topological polar surface area (TPSA) is 32.5 Å². The fourth-order valence-corrected chi connectivity index (χ4v) is 2.84. The van der Waals surface area contributed by atoms with Crippen LogP contribution in [0.2, 0.25) is 5.02 Å². The number of nitrogens with two attached hydrogens (primary N) is 1. The number of hydrogen-bond acceptors (Lipinski definition) is 3. The summed E-state index contributed by atoms with van der Waals surface area (Å²) in [6, 6.07) is 14.1. The lowest BCUT2D eigenvalue weighted by Gasteiger charge is -2.37. The number of nitrogen functional groups attached to an aromatic ring is 1. The number of rotatable bonds is 2. The number of fused-ring (bicyclic) bond motifs is 1. The molecule has 0 aliphatic carbocycles. The molecular weight excluding hydrogens is 270 g/mol. The fourth-order valence-electron chi connectivity index (χ4n) is 2.65. The second-order valence-corrected chi connectivity index (χ2v) is 5.61. The SMILES string of the molecule is CN1CCN(Cc2cc(Cl)ccc2N)c2ccccc21. The van der Waals surface area contributed by atoms with Crippen LogP contribution in [0, 0.1) is 0 Å². The Bertz CT molecular complexity index is 627. The molecule has 2 aromatic carbocycles. The highest BCUT2D eigenvalue weighted by Gasteiger charge is 2.20. The predicted octanol–water partition coefficient (Wildman–Crippen LogP) is 3.38. The third-order valence-electron chi connectivity index (χ3n) is 3.81. The van der Waals surface area contributed by atoms with E-state index >= 15 is 0 Å². The van der Waals surface area contributed by atoms with Gasteiger partial charge in [0, 0.05) is 37.4 Å². The number of para-hydroxylation sites is 2. The second kappa shape index (κ2) is 5.25. The van der Waals surface area contributed by atoms with Gasteiger partial charge in [-0.3, -0.25) is 0 Å². The molecule has 0 bridgehead atoms. The summed E-state index contributed by atoms with van der Waals surface area (Å²) in [5, 5.41) is 0.733. The van der Waals surface area contributed by atoms with Crippen LogP contribution in [0.1, 0.15) is 5.56 Å². The van der Waals surface area contributed by atoms with Gasteiger partial charge in [-0.25, -0.2) is 0 Å². The van der Waals surface area contributed by atoms with Crippen LogP contribution in [-0.2, 0) is 6.54 Å². The van der Waals surface area contributed by atoms with Gasteiger partial charge in [0.15, 0.2) is 0 Å². The zero-order valence-electron chi connectivity index (χ0n) is 11.5. The van der Waals surface area contributed by atoms with Crippen LogP contribution in [0.25, 0.3) is 0 Å². The number of benzene rings is 2. The number of hydrogen-bond donors (Lipinski definition) is 1. The summed E-state index contributed by atoms with van der Waals surface area (Å²) in [6.07, 6.45) is 0. The first kappa shape index (κ1) is 13.1. The smallest absolute Gasteiger partial charge is 0.0607 e. The van der Waals surface area contributed by atoms with E-state index in [9.17, 15) is 0 Å². The van der Waals surface area contributed by atoms with Crippen LogP contribution >= 0.6 is 11.6 Å². The lowest BCUT2D eigenvalue weighted by molar-refractivity contribution is 0.735. The van der Waals surface area contributed by atoms with Crippen molar-refractivity contribution in [2.75, 3.05) is 35.7 Å². The fraction of sp³-hybridized carbons (Fsp3) is 0.250. The van der Waals surface area contributed by atoms with Crippen molar-refractivity contribution in [3.05, 3.63) is 53.1 Å². The summed E-state index contributed by atoms with van der Waals surface area (Å²) in [5.74, 6) is 0. The van der Waals surface area contributed by atoms with Crippen molar-refractivity contribution in [2.45, 2.75) is 6.54 Å². The van der Waals surface area contributed by atoms with E-state index in [0.717, 1.165) is 35.9 Å². The van der Waals surface area contributed by atoms with Gasteiger partial charge in [0.05, 0.1) is 11.4 Å². The van der Waals surface area contributed by atoms with E-state index in [1.165, 1.54) is 11.4 Å². The lowest BCUT2D eigenvalue weighted by Crippen LogP contribution is -2.38. The number of nitrogens with zero attached hydrogens (tertiary/aromatic N) is 2. The highest BCUT2D eigenvalue weighted by atomic mass is 35.5. The minimum Gasteiger partial charge on any atom is -0.398 e. The maximum Gasteiger partial charge on any atom is 0.0607 e. The molecule has 0 radical (unpaired) electrons. The predicted molar refractivity (Wildman–Crippen MR) is 86.6 cm³/mol. The van der Waals surface area contributed by atoms with E-state index in [1.54, 1.807) is 0 Å². The van der Waals surface area contributed by atoms with Crippen molar-refractivity contribution < 1.29 is 0 Å². The number of likely N-dealkylation sites (N-methyl/N-ethyl adjacent to an activating group) is 1. The van der Waals surface area contributed by atoms with Crippen LogP contribution < -0.4 is 15.5 Å². The van der Waals surface area contributed by atoms with Crippen molar-refractivity contribution in [3.8, 4) is 0 Å². The average molecular weight is 288 g/mol. The van der Waals surface area contributed by atoms with Crippen LogP contribution in [0.4, 0.5) is 17.1 Å². The molecule has 1 aliphatic rings. The number of anilines is 3. The first-order valence-corrected chi connectivity index (χ1v) is 7.12. The summed E-state index contributed by atoms with van der Waals surface area (Å²) < 4.78 is 0. The van der Waals surface area contributed by atoms with Gasteiger partial charge in [-0.1, -0.05) is 23.7 Å². The Morgan fingerprint density at radius 2 is 1.85 bits per heavy atom. The Morgan fingerprint density at radius 3 is 2.65 bits per heavy atom. The molecule has 0 fully saturated rings. The van der Waals surface area contributed by atoms with E-state index in [4.69, 9.17) is 17.3 Å². The van der Waals surface area contributed by atoms with Gasteiger partial charge in [-0.05, 0) is 35.9 Å². The standard InChI is InChI=1S/C16H18ClN3/c1-19-8-9-20(16-5-3-2-4-15(16)19)11-12-10-13(17)6-7-14(12)18/h2-7,10H,8-9,11,18H2,1H3. The molecule has 3 rings (SSSR count). The van der Waals surface area contributed by atoms with Crippen molar-refractivity contribution in [2.24, 2.45) is 0 Å². The monoisotopic (exact) mass is 287 g/mol. The molecule has 0 saturated carbocycles. The third kappa shape index (κ3) is 2.41. The van der Waals surface area contributed by atoms with Crippen molar-refractivity contribution in [1.29, 1.82) is 0 Å². The summed E-state index contributed by atoms with van der Waals surface area (Å²) >= 11 is 6.08. The molecule has 0 atom stereocenters. The molecule has 20 heavy (non-hydrogen) atoms. The highest BCUT2D eigenvalue weighted by molar-refractivity contribution is 6.30. The molecule has 0 amide bonds. The summed E-state index contributed by atoms with van der Waals surface area (Å²) in [7, 11) is 2.13. The largest absolute Gasteiger partial charge is 0.398 e. The molecule has 1 heterocycles. The number of halogens is 1. The minimum absolute atomic E-state index is 0.733. The van der Waals surface area contributed by atoms with Gasteiger partial charge in [0.2, 0.25) is 0 Å². The normalized spacial score (nSPS) is 14.3. The van der Waals surface area contributed by atoms with Crippen LogP contribution in [0.3, 0.4) is 0 Å². The zero-order valence-corrected chi connectivity index (χ0v) is 12.3. The van der Waals surface area contributed by atoms with Crippen LogP contribution in [-0.4, -0.2) is 20.1 Å². The summed E-state index contributed by atoms with van der Waals surface area (Å²) in [6.45, 7) is 2.79. The average Bonchev–Trinajstić information content (AvgIpc) is 2.46. The minimum atomic E-state index is 0.733. The van der Waals surface area contributed by atoms with Crippen molar-refractivity contribution >= 4 is 28.7 Å². The highest BCUT2D eigenvalue weighted by Crippen LogP contribution is 2.33. The Morgan fingerprint density at radius 1 is 1.10 bits per heavy atom. The van der Waals surface area contributed by atoms with Crippen molar-refractivity contribution in [1.82, 2.24) is 0 Å². The van der Waals surface area contributed by atoms with Crippen LogP contribution in [0.15, 0.2) is 42.5 Å². The Balaban J connectivity index is 1.92. The van der Waals surface area contributed by atoms with E-state index in [1.807, 2.05) is 18.2 Å². The van der Waals surface area contributed by atoms with Gasteiger partial charge < -0.3 is 15.5 Å². The summed E-state index contributed by atoms with van der Waals surface area (Å²) in [5.41, 5.74) is 10.4. The molecule has 0 spiro atoms. The van der Waals surface area contributed by atoms with Crippen molar-refractivity contribution in [3.63, 3.8) is 0 Å².